The van der Waals surface area contributed by atoms with Crippen molar-refractivity contribution in [1.29, 1.82) is 0 Å². The number of aryl methyl sites for hydroxylation is 1. The SMILES string of the molecule is CCCCCNC(=O)C1CCN(C(=O)CCc2ccc(S(=O)(=O)N3CCCCCC3)cc2)CC1. The minimum atomic E-state index is -3.45. The van der Waals surface area contributed by atoms with Gasteiger partial charge in [0.1, 0.15) is 0 Å². The molecule has 0 atom stereocenters. The maximum Gasteiger partial charge on any atom is 0.243 e. The molecule has 0 aliphatic carbocycles. The molecule has 0 radical (unpaired) electrons. The average molecular weight is 492 g/mol. The molecule has 1 N–H and O–H groups in total. The Labute approximate surface area is 205 Å². The summed E-state index contributed by atoms with van der Waals surface area (Å²) in [5, 5.41) is 3.03. The predicted octanol–water partition coefficient (Wildman–Crippen LogP) is 3.73. The van der Waals surface area contributed by atoms with Gasteiger partial charge in [-0.2, -0.15) is 4.31 Å². The van der Waals surface area contributed by atoms with E-state index >= 15 is 0 Å². The van der Waals surface area contributed by atoms with Crippen LogP contribution in [0.4, 0.5) is 0 Å². The Hall–Kier alpha value is -1.93. The molecule has 7 nitrogen and oxygen atoms in total. The van der Waals surface area contributed by atoms with Crippen LogP contribution in [0.1, 0.15) is 76.7 Å². The van der Waals surface area contributed by atoms with Gasteiger partial charge in [0.15, 0.2) is 0 Å². The molecule has 190 valence electrons. The first-order chi connectivity index (χ1) is 16.4. The number of hydrogen-bond donors (Lipinski definition) is 1. The van der Waals surface area contributed by atoms with Crippen molar-refractivity contribution in [1.82, 2.24) is 14.5 Å². The number of nitrogens with zero attached hydrogens (tertiary/aromatic N) is 2. The van der Waals surface area contributed by atoms with Gasteiger partial charge in [-0.1, -0.05) is 44.7 Å². The first kappa shape index (κ1) is 26.7. The third-order valence-corrected chi connectivity index (χ3v) is 8.96. The molecule has 1 aromatic rings. The Morgan fingerprint density at radius 1 is 0.941 bits per heavy atom. The van der Waals surface area contributed by atoms with Crippen LogP contribution in [0, 0.1) is 5.92 Å². The van der Waals surface area contributed by atoms with Crippen molar-refractivity contribution in [2.24, 2.45) is 5.92 Å². The van der Waals surface area contributed by atoms with Gasteiger partial charge in [-0.3, -0.25) is 9.59 Å². The van der Waals surface area contributed by atoms with Gasteiger partial charge < -0.3 is 10.2 Å². The van der Waals surface area contributed by atoms with Crippen LogP contribution in [-0.2, 0) is 26.0 Å². The van der Waals surface area contributed by atoms with E-state index in [1.54, 1.807) is 16.4 Å². The number of sulfonamides is 1. The molecular weight excluding hydrogens is 450 g/mol. The summed E-state index contributed by atoms with van der Waals surface area (Å²) in [5.41, 5.74) is 0.963. The van der Waals surface area contributed by atoms with Crippen LogP contribution in [0.15, 0.2) is 29.2 Å². The highest BCUT2D eigenvalue weighted by molar-refractivity contribution is 7.89. The van der Waals surface area contributed by atoms with Gasteiger partial charge in [-0.25, -0.2) is 8.42 Å². The lowest BCUT2D eigenvalue weighted by molar-refractivity contribution is -0.135. The zero-order valence-corrected chi connectivity index (χ0v) is 21.5. The van der Waals surface area contributed by atoms with Crippen molar-refractivity contribution >= 4 is 21.8 Å². The number of carbonyl (C=O) groups is 2. The summed E-state index contributed by atoms with van der Waals surface area (Å²) in [6, 6.07) is 7.00. The van der Waals surface area contributed by atoms with Crippen molar-refractivity contribution in [2.75, 3.05) is 32.7 Å². The van der Waals surface area contributed by atoms with Crippen molar-refractivity contribution in [3.05, 3.63) is 29.8 Å². The third kappa shape index (κ3) is 7.54. The molecule has 2 heterocycles. The fourth-order valence-corrected chi connectivity index (χ4v) is 6.31. The van der Waals surface area contributed by atoms with E-state index in [0.29, 0.717) is 56.8 Å². The first-order valence-corrected chi connectivity index (χ1v) is 14.5. The van der Waals surface area contributed by atoms with E-state index < -0.39 is 10.0 Å². The minimum Gasteiger partial charge on any atom is -0.356 e. The lowest BCUT2D eigenvalue weighted by Gasteiger charge is -2.31. The molecule has 2 aliphatic heterocycles. The lowest BCUT2D eigenvalue weighted by Crippen LogP contribution is -2.43. The average Bonchev–Trinajstić information content (AvgIpc) is 3.16. The number of hydrogen-bond acceptors (Lipinski definition) is 4. The largest absolute Gasteiger partial charge is 0.356 e. The van der Waals surface area contributed by atoms with Gasteiger partial charge in [-0.05, 0) is 56.2 Å². The van der Waals surface area contributed by atoms with Crippen molar-refractivity contribution in [3.63, 3.8) is 0 Å². The van der Waals surface area contributed by atoms with Gasteiger partial charge in [-0.15, -0.1) is 0 Å². The summed E-state index contributed by atoms with van der Waals surface area (Å²) >= 11 is 0. The topological polar surface area (TPSA) is 86.8 Å². The van der Waals surface area contributed by atoms with Crippen molar-refractivity contribution in [3.8, 4) is 0 Å². The Balaban J connectivity index is 1.42. The van der Waals surface area contributed by atoms with Crippen LogP contribution in [0.25, 0.3) is 0 Å². The predicted molar refractivity (Wildman–Crippen MR) is 134 cm³/mol. The number of carbonyl (C=O) groups excluding carboxylic acids is 2. The number of amides is 2. The number of piperidine rings is 1. The van der Waals surface area contributed by atoms with Gasteiger partial charge in [0.2, 0.25) is 21.8 Å². The Kier molecular flexibility index (Phi) is 10.4. The van der Waals surface area contributed by atoms with Crippen LogP contribution >= 0.6 is 0 Å². The molecule has 2 saturated heterocycles. The fourth-order valence-electron chi connectivity index (χ4n) is 4.79. The van der Waals surface area contributed by atoms with Gasteiger partial charge in [0, 0.05) is 45.1 Å². The monoisotopic (exact) mass is 491 g/mol. The summed E-state index contributed by atoms with van der Waals surface area (Å²) in [6.45, 7) is 5.32. The summed E-state index contributed by atoms with van der Waals surface area (Å²) < 4.78 is 27.4. The first-order valence-electron chi connectivity index (χ1n) is 13.1. The number of likely N-dealkylation sites (tertiary alicyclic amines) is 1. The van der Waals surface area contributed by atoms with Crippen LogP contribution in [0.2, 0.25) is 0 Å². The van der Waals surface area contributed by atoms with E-state index in [4.69, 9.17) is 0 Å². The zero-order valence-electron chi connectivity index (χ0n) is 20.6. The number of unbranched alkanes of at least 4 members (excludes halogenated alkanes) is 2. The van der Waals surface area contributed by atoms with Crippen LogP contribution < -0.4 is 5.32 Å². The molecule has 1 aromatic carbocycles. The normalized spacial score (nSPS) is 18.4. The van der Waals surface area contributed by atoms with E-state index in [2.05, 4.69) is 12.2 Å². The molecule has 0 saturated carbocycles. The van der Waals surface area contributed by atoms with Gasteiger partial charge in [0.25, 0.3) is 0 Å². The third-order valence-electron chi connectivity index (χ3n) is 7.05. The Bertz CT molecular complexity index is 885. The molecule has 8 heteroatoms. The molecule has 0 unspecified atom stereocenters. The molecule has 2 amide bonds. The van der Waals surface area contributed by atoms with E-state index in [-0.39, 0.29) is 17.7 Å². The Morgan fingerprint density at radius 3 is 2.21 bits per heavy atom. The standard InChI is InChI=1S/C26H41N3O4S/c1-2-3-6-17-27-26(31)23-15-20-28(21-16-23)25(30)14-11-22-9-12-24(13-10-22)34(32,33)29-18-7-4-5-8-19-29/h9-10,12-13,23H,2-8,11,14-21H2,1H3,(H,27,31). The maximum absolute atomic E-state index is 12.9. The lowest BCUT2D eigenvalue weighted by atomic mass is 9.95. The summed E-state index contributed by atoms with van der Waals surface area (Å²) in [7, 11) is -3.45. The van der Waals surface area contributed by atoms with Gasteiger partial charge in [0.05, 0.1) is 4.90 Å². The molecule has 2 aliphatic rings. The molecule has 0 spiro atoms. The minimum absolute atomic E-state index is 0.00405. The molecule has 34 heavy (non-hydrogen) atoms. The second kappa shape index (κ2) is 13.2. The molecule has 0 bridgehead atoms. The number of benzene rings is 1. The fraction of sp³-hybridized carbons (Fsp3) is 0.692. The van der Waals surface area contributed by atoms with Crippen LogP contribution in [-0.4, -0.2) is 62.2 Å². The second-order valence-electron chi connectivity index (χ2n) is 9.62. The van der Waals surface area contributed by atoms with Crippen molar-refractivity contribution < 1.29 is 18.0 Å². The molecule has 3 rings (SSSR count). The highest BCUT2D eigenvalue weighted by Gasteiger charge is 2.27. The van der Waals surface area contributed by atoms with E-state index in [1.165, 1.54) is 0 Å². The van der Waals surface area contributed by atoms with Crippen LogP contribution in [0.5, 0.6) is 0 Å². The number of nitrogens with one attached hydrogen (secondary N) is 1. The van der Waals surface area contributed by atoms with Crippen molar-refractivity contribution in [2.45, 2.75) is 82.4 Å². The van der Waals surface area contributed by atoms with Gasteiger partial charge >= 0.3 is 0 Å². The summed E-state index contributed by atoms with van der Waals surface area (Å²) in [6.07, 6.45) is 9.70. The summed E-state index contributed by atoms with van der Waals surface area (Å²) in [5.74, 6) is 0.228. The van der Waals surface area contributed by atoms with E-state index in [9.17, 15) is 18.0 Å². The zero-order chi connectivity index (χ0) is 24.4. The molecular formula is C26H41N3O4S. The van der Waals surface area contributed by atoms with E-state index in [1.807, 2.05) is 17.0 Å². The smallest absolute Gasteiger partial charge is 0.243 e. The van der Waals surface area contributed by atoms with E-state index in [0.717, 1.165) is 57.1 Å². The highest BCUT2D eigenvalue weighted by Crippen LogP contribution is 2.22. The highest BCUT2D eigenvalue weighted by atomic mass is 32.2. The van der Waals surface area contributed by atoms with Crippen LogP contribution in [0.3, 0.4) is 0 Å². The summed E-state index contributed by atoms with van der Waals surface area (Å²) in [4.78, 5) is 27.2. The molecule has 2 fully saturated rings. The second-order valence-corrected chi connectivity index (χ2v) is 11.6. The Morgan fingerprint density at radius 2 is 1.59 bits per heavy atom. The molecule has 0 aromatic heterocycles. The maximum atomic E-state index is 12.9. The quantitative estimate of drug-likeness (QED) is 0.505. The number of rotatable bonds is 10.